The van der Waals surface area contributed by atoms with Crippen LogP contribution >= 0.6 is 0 Å². The average Bonchev–Trinajstić information content (AvgIpc) is 2.78. The standard InChI is InChI=1S/C10H17N5O3/c16-9(7-13-4-2-1-3-5-13)8-14-11-6-10(12-14)15(17)18/h6,9,16H,1-5,7-8H2. The minimum atomic E-state index is -0.602. The monoisotopic (exact) mass is 255 g/mol. The van der Waals surface area contributed by atoms with Crippen molar-refractivity contribution in [1.29, 1.82) is 0 Å². The lowest BCUT2D eigenvalue weighted by molar-refractivity contribution is -0.389. The van der Waals surface area contributed by atoms with E-state index in [1.54, 1.807) is 0 Å². The van der Waals surface area contributed by atoms with Gasteiger partial charge in [0.25, 0.3) is 0 Å². The fraction of sp³-hybridized carbons (Fsp3) is 0.800. The first kappa shape index (κ1) is 12.9. The van der Waals surface area contributed by atoms with E-state index in [1.165, 1.54) is 11.2 Å². The number of aliphatic hydroxyl groups excluding tert-OH is 1. The fourth-order valence-corrected chi connectivity index (χ4v) is 2.15. The number of β-amino-alcohol motifs (C(OH)–C–C–N with tert-alkyl or cyclic N) is 1. The first-order chi connectivity index (χ1) is 8.65. The van der Waals surface area contributed by atoms with E-state index in [4.69, 9.17) is 0 Å². The molecule has 0 aliphatic carbocycles. The zero-order chi connectivity index (χ0) is 13.0. The molecule has 1 aromatic heterocycles. The zero-order valence-electron chi connectivity index (χ0n) is 10.1. The van der Waals surface area contributed by atoms with Crippen LogP contribution in [0.15, 0.2) is 6.20 Å². The van der Waals surface area contributed by atoms with Gasteiger partial charge >= 0.3 is 5.82 Å². The van der Waals surface area contributed by atoms with Crippen molar-refractivity contribution in [3.8, 4) is 0 Å². The molecular formula is C10H17N5O3. The highest BCUT2D eigenvalue weighted by Gasteiger charge is 2.18. The number of nitrogens with zero attached hydrogens (tertiary/aromatic N) is 5. The summed E-state index contributed by atoms with van der Waals surface area (Å²) in [6.45, 7) is 2.76. The van der Waals surface area contributed by atoms with Crippen LogP contribution in [0.2, 0.25) is 0 Å². The van der Waals surface area contributed by atoms with Crippen LogP contribution in [0.1, 0.15) is 19.3 Å². The number of hydrogen-bond acceptors (Lipinski definition) is 6. The predicted molar refractivity (Wildman–Crippen MR) is 63.0 cm³/mol. The SMILES string of the molecule is O=[N+]([O-])c1cnn(CC(O)CN2CCCCC2)n1. The van der Waals surface area contributed by atoms with Gasteiger partial charge in [-0.25, -0.2) is 0 Å². The number of piperidine rings is 1. The fourth-order valence-electron chi connectivity index (χ4n) is 2.15. The highest BCUT2D eigenvalue weighted by molar-refractivity contribution is 5.07. The summed E-state index contributed by atoms with van der Waals surface area (Å²) < 4.78 is 0. The summed E-state index contributed by atoms with van der Waals surface area (Å²) in [6, 6.07) is 0. The van der Waals surface area contributed by atoms with Gasteiger partial charge in [0.1, 0.15) is 6.54 Å². The molecule has 1 saturated heterocycles. The zero-order valence-corrected chi connectivity index (χ0v) is 10.1. The number of aromatic nitrogens is 3. The van der Waals surface area contributed by atoms with Crippen LogP contribution in [0.25, 0.3) is 0 Å². The summed E-state index contributed by atoms with van der Waals surface area (Å²) in [6.07, 6.45) is 4.07. The summed E-state index contributed by atoms with van der Waals surface area (Å²) >= 11 is 0. The lowest BCUT2D eigenvalue weighted by Gasteiger charge is -2.27. The van der Waals surface area contributed by atoms with Crippen LogP contribution in [0.3, 0.4) is 0 Å². The smallest absolute Gasteiger partial charge is 0.390 e. The van der Waals surface area contributed by atoms with Gasteiger partial charge in [-0.1, -0.05) is 11.2 Å². The molecular weight excluding hydrogens is 238 g/mol. The van der Waals surface area contributed by atoms with Crippen molar-refractivity contribution >= 4 is 5.82 Å². The maximum Gasteiger partial charge on any atom is 0.410 e. The molecule has 2 heterocycles. The second-order valence-corrected chi connectivity index (χ2v) is 4.53. The molecule has 1 unspecified atom stereocenters. The van der Waals surface area contributed by atoms with Gasteiger partial charge < -0.3 is 20.1 Å². The molecule has 18 heavy (non-hydrogen) atoms. The second kappa shape index (κ2) is 5.87. The Morgan fingerprint density at radius 1 is 1.39 bits per heavy atom. The molecule has 0 spiro atoms. The Hall–Kier alpha value is -1.54. The van der Waals surface area contributed by atoms with Gasteiger partial charge in [0.05, 0.1) is 11.2 Å². The van der Waals surface area contributed by atoms with Crippen molar-refractivity contribution in [3.63, 3.8) is 0 Å². The van der Waals surface area contributed by atoms with Gasteiger partial charge in [-0.15, -0.1) is 5.10 Å². The molecule has 100 valence electrons. The molecule has 0 radical (unpaired) electrons. The Balaban J connectivity index is 1.82. The molecule has 1 aliphatic heterocycles. The van der Waals surface area contributed by atoms with Crippen molar-refractivity contribution in [3.05, 3.63) is 16.3 Å². The van der Waals surface area contributed by atoms with Crippen molar-refractivity contribution in [2.24, 2.45) is 0 Å². The van der Waals surface area contributed by atoms with E-state index in [1.807, 2.05) is 0 Å². The second-order valence-electron chi connectivity index (χ2n) is 4.53. The first-order valence-electron chi connectivity index (χ1n) is 6.10. The third-order valence-electron chi connectivity index (χ3n) is 3.00. The van der Waals surface area contributed by atoms with Gasteiger partial charge in [0.15, 0.2) is 6.20 Å². The van der Waals surface area contributed by atoms with Crippen molar-refractivity contribution < 1.29 is 10.0 Å². The van der Waals surface area contributed by atoms with E-state index < -0.39 is 11.0 Å². The summed E-state index contributed by atoms with van der Waals surface area (Å²) in [7, 11) is 0. The van der Waals surface area contributed by atoms with Gasteiger partial charge in [-0.05, 0) is 30.9 Å². The molecule has 8 nitrogen and oxygen atoms in total. The summed E-state index contributed by atoms with van der Waals surface area (Å²) in [5.41, 5.74) is 0. The lowest BCUT2D eigenvalue weighted by atomic mass is 10.1. The molecule has 1 aliphatic rings. The highest BCUT2D eigenvalue weighted by Crippen LogP contribution is 2.09. The number of hydrogen-bond donors (Lipinski definition) is 1. The van der Waals surface area contributed by atoms with E-state index in [-0.39, 0.29) is 12.4 Å². The van der Waals surface area contributed by atoms with Crippen molar-refractivity contribution in [1.82, 2.24) is 19.9 Å². The van der Waals surface area contributed by atoms with E-state index in [9.17, 15) is 15.2 Å². The predicted octanol–water partition coefficient (Wildman–Crippen LogP) is 0.0331. The normalized spacial score (nSPS) is 18.7. The number of aliphatic hydroxyl groups is 1. The number of rotatable bonds is 5. The summed E-state index contributed by atoms with van der Waals surface area (Å²) in [4.78, 5) is 13.2. The number of likely N-dealkylation sites (tertiary alicyclic amines) is 1. The number of nitro groups is 1. The van der Waals surface area contributed by atoms with Crippen LogP contribution in [0.5, 0.6) is 0 Å². The van der Waals surface area contributed by atoms with Gasteiger partial charge in [0, 0.05) is 6.54 Å². The van der Waals surface area contributed by atoms with Gasteiger partial charge in [-0.3, -0.25) is 0 Å². The third kappa shape index (κ3) is 3.47. The highest BCUT2D eigenvalue weighted by atomic mass is 16.6. The third-order valence-corrected chi connectivity index (χ3v) is 3.00. The summed E-state index contributed by atoms with van der Waals surface area (Å²) in [5, 5.41) is 27.8. The molecule has 1 N–H and O–H groups in total. The van der Waals surface area contributed by atoms with Crippen LogP contribution in [0.4, 0.5) is 5.82 Å². The van der Waals surface area contributed by atoms with Gasteiger partial charge in [-0.2, -0.15) is 0 Å². The topological polar surface area (TPSA) is 97.3 Å². The molecule has 0 bridgehead atoms. The average molecular weight is 255 g/mol. The molecule has 0 aromatic carbocycles. The quantitative estimate of drug-likeness (QED) is 0.589. The molecule has 1 fully saturated rings. The summed E-state index contributed by atoms with van der Waals surface area (Å²) in [5.74, 6) is -0.292. The first-order valence-corrected chi connectivity index (χ1v) is 6.10. The Morgan fingerprint density at radius 3 is 2.72 bits per heavy atom. The van der Waals surface area contributed by atoms with Crippen LogP contribution in [-0.2, 0) is 6.54 Å². The van der Waals surface area contributed by atoms with Crippen molar-refractivity contribution in [2.45, 2.75) is 31.9 Å². The van der Waals surface area contributed by atoms with E-state index in [0.717, 1.165) is 32.1 Å². The van der Waals surface area contributed by atoms with E-state index >= 15 is 0 Å². The van der Waals surface area contributed by atoms with Crippen LogP contribution in [-0.4, -0.2) is 55.7 Å². The largest absolute Gasteiger partial charge is 0.410 e. The molecule has 2 rings (SSSR count). The van der Waals surface area contributed by atoms with Crippen LogP contribution in [0, 0.1) is 10.1 Å². The minimum Gasteiger partial charge on any atom is -0.390 e. The van der Waals surface area contributed by atoms with Crippen LogP contribution < -0.4 is 0 Å². The van der Waals surface area contributed by atoms with E-state index in [2.05, 4.69) is 15.1 Å². The molecule has 1 aromatic rings. The maximum atomic E-state index is 10.4. The van der Waals surface area contributed by atoms with Crippen molar-refractivity contribution in [2.75, 3.05) is 19.6 Å². The minimum absolute atomic E-state index is 0.185. The lowest BCUT2D eigenvalue weighted by Crippen LogP contribution is -2.38. The Labute approximate surface area is 104 Å². The molecule has 1 atom stereocenters. The Kier molecular flexibility index (Phi) is 4.21. The maximum absolute atomic E-state index is 10.4. The van der Waals surface area contributed by atoms with E-state index in [0.29, 0.717) is 6.54 Å². The Bertz CT molecular complexity index is 402. The Morgan fingerprint density at radius 2 is 2.11 bits per heavy atom. The molecule has 0 amide bonds. The molecule has 0 saturated carbocycles. The van der Waals surface area contributed by atoms with Gasteiger partial charge in [0.2, 0.25) is 0 Å². The molecule has 8 heteroatoms.